The molecule has 0 saturated heterocycles. The van der Waals surface area contributed by atoms with E-state index in [1.807, 2.05) is 20.8 Å². The monoisotopic (exact) mass is 259 g/mol. The predicted molar refractivity (Wildman–Crippen MR) is 74.9 cm³/mol. The average Bonchev–Trinajstić information content (AvgIpc) is 2.28. The van der Waals surface area contributed by atoms with Crippen molar-refractivity contribution in [2.75, 3.05) is 5.73 Å². The van der Waals surface area contributed by atoms with Crippen molar-refractivity contribution >= 4 is 16.5 Å². The van der Waals surface area contributed by atoms with Crippen LogP contribution in [0.2, 0.25) is 0 Å². The minimum absolute atomic E-state index is 0.0846. The number of rotatable bonds is 0. The van der Waals surface area contributed by atoms with Crippen LogP contribution in [-0.4, -0.2) is 0 Å². The molecule has 0 amide bonds. The van der Waals surface area contributed by atoms with Crippen molar-refractivity contribution in [3.63, 3.8) is 0 Å². The van der Waals surface area contributed by atoms with E-state index in [-0.39, 0.29) is 16.4 Å². The van der Waals surface area contributed by atoms with Crippen LogP contribution in [0.25, 0.3) is 10.8 Å². The molecular weight excluding hydrogens is 244 g/mol. The third kappa shape index (κ3) is 2.15. The molecule has 2 rings (SSSR count). The van der Waals surface area contributed by atoms with Crippen LogP contribution in [-0.2, 0) is 5.41 Å². The molecule has 0 heterocycles. The largest absolute Gasteiger partial charge is 0.399 e. The molecule has 0 unspecified atom stereocenters. The van der Waals surface area contributed by atoms with Gasteiger partial charge in [0.15, 0.2) is 0 Å². The lowest BCUT2D eigenvalue weighted by atomic mass is 9.82. The maximum atomic E-state index is 13.9. The summed E-state index contributed by atoms with van der Waals surface area (Å²) in [5.41, 5.74) is 6.75. The molecule has 0 bridgehead atoms. The molecule has 2 aromatic rings. The minimum Gasteiger partial charge on any atom is -0.399 e. The molecule has 0 fully saturated rings. The van der Waals surface area contributed by atoms with Crippen molar-refractivity contribution in [1.82, 2.24) is 0 Å². The Labute approximate surface area is 111 Å². The molecule has 98 valence electrons. The van der Waals surface area contributed by atoms with Gasteiger partial charge in [-0.15, -0.1) is 6.42 Å². The molecule has 3 heteroatoms. The van der Waals surface area contributed by atoms with E-state index >= 15 is 0 Å². The zero-order valence-corrected chi connectivity index (χ0v) is 11.1. The van der Waals surface area contributed by atoms with E-state index in [1.165, 1.54) is 6.07 Å². The van der Waals surface area contributed by atoms with Gasteiger partial charge in [-0.25, -0.2) is 8.78 Å². The lowest BCUT2D eigenvalue weighted by Gasteiger charge is -2.23. The fourth-order valence-corrected chi connectivity index (χ4v) is 2.24. The molecule has 0 aliphatic carbocycles. The van der Waals surface area contributed by atoms with Gasteiger partial charge in [0.05, 0.1) is 5.56 Å². The number of fused-ring (bicyclic) bond motifs is 1. The van der Waals surface area contributed by atoms with Gasteiger partial charge >= 0.3 is 0 Å². The number of halogens is 2. The molecular formula is C16H15F2N. The van der Waals surface area contributed by atoms with Crippen LogP contribution in [0.1, 0.15) is 31.9 Å². The van der Waals surface area contributed by atoms with Crippen LogP contribution >= 0.6 is 0 Å². The van der Waals surface area contributed by atoms with Crippen LogP contribution in [0, 0.1) is 24.0 Å². The third-order valence-electron chi connectivity index (χ3n) is 3.11. The van der Waals surface area contributed by atoms with Crippen molar-refractivity contribution in [3.8, 4) is 12.3 Å². The summed E-state index contributed by atoms with van der Waals surface area (Å²) in [5, 5.41) is 0.695. The van der Waals surface area contributed by atoms with Crippen molar-refractivity contribution in [2.45, 2.75) is 26.2 Å². The second kappa shape index (κ2) is 4.24. The molecule has 2 aromatic carbocycles. The van der Waals surface area contributed by atoms with Crippen LogP contribution < -0.4 is 5.73 Å². The fourth-order valence-electron chi connectivity index (χ4n) is 2.24. The van der Waals surface area contributed by atoms with E-state index in [0.717, 1.165) is 11.6 Å². The third-order valence-corrected chi connectivity index (χ3v) is 3.11. The molecule has 0 spiro atoms. The highest BCUT2D eigenvalue weighted by Crippen LogP contribution is 2.36. The van der Waals surface area contributed by atoms with Gasteiger partial charge in [0.25, 0.3) is 0 Å². The van der Waals surface area contributed by atoms with Crippen LogP contribution in [0.15, 0.2) is 18.2 Å². The number of anilines is 1. The normalized spacial score (nSPS) is 11.6. The lowest BCUT2D eigenvalue weighted by Crippen LogP contribution is -2.13. The Kier molecular flexibility index (Phi) is 2.98. The van der Waals surface area contributed by atoms with Gasteiger partial charge < -0.3 is 5.73 Å². The Morgan fingerprint density at radius 1 is 1.11 bits per heavy atom. The van der Waals surface area contributed by atoms with Crippen molar-refractivity contribution in [2.24, 2.45) is 0 Å². The van der Waals surface area contributed by atoms with Crippen LogP contribution in [0.5, 0.6) is 0 Å². The van der Waals surface area contributed by atoms with Gasteiger partial charge in [0.1, 0.15) is 11.6 Å². The number of nitrogen functional groups attached to an aromatic ring is 1. The molecule has 0 aliphatic heterocycles. The molecule has 1 nitrogen and oxygen atoms in total. The molecule has 0 aliphatic rings. The molecule has 0 saturated carbocycles. The molecule has 19 heavy (non-hydrogen) atoms. The van der Waals surface area contributed by atoms with E-state index in [1.54, 1.807) is 6.07 Å². The molecule has 0 radical (unpaired) electrons. The van der Waals surface area contributed by atoms with E-state index in [9.17, 15) is 8.78 Å². The highest BCUT2D eigenvalue weighted by molar-refractivity contribution is 5.94. The Bertz CT molecular complexity index is 703. The summed E-state index contributed by atoms with van der Waals surface area (Å²) in [4.78, 5) is 0. The van der Waals surface area contributed by atoms with Crippen molar-refractivity contribution in [1.29, 1.82) is 0 Å². The summed E-state index contributed by atoms with van der Waals surface area (Å²) in [6.45, 7) is 5.85. The first-order chi connectivity index (χ1) is 8.75. The lowest BCUT2D eigenvalue weighted by molar-refractivity contribution is 0.582. The van der Waals surface area contributed by atoms with Crippen molar-refractivity contribution < 1.29 is 8.78 Å². The van der Waals surface area contributed by atoms with Gasteiger partial charge in [0, 0.05) is 22.5 Å². The van der Waals surface area contributed by atoms with Gasteiger partial charge in [-0.1, -0.05) is 26.7 Å². The standard InChI is InChI=1S/C16H15F2N/c1-5-10-13(17)8-14(18)11-6-9(19)7-12(15(10)11)16(2,3)4/h1,6-8H,19H2,2-4H3. The Morgan fingerprint density at radius 2 is 1.74 bits per heavy atom. The number of terminal acetylenes is 1. The first-order valence-electron chi connectivity index (χ1n) is 5.94. The summed E-state index contributed by atoms with van der Waals surface area (Å²) in [5.74, 6) is 0.946. The maximum Gasteiger partial charge on any atom is 0.142 e. The van der Waals surface area contributed by atoms with Gasteiger partial charge in [-0.05, 0) is 23.1 Å². The zero-order valence-electron chi connectivity index (χ0n) is 11.1. The highest BCUT2D eigenvalue weighted by atomic mass is 19.1. The molecule has 2 N–H and O–H groups in total. The number of hydrogen-bond donors (Lipinski definition) is 1. The van der Waals surface area contributed by atoms with Crippen molar-refractivity contribution in [3.05, 3.63) is 41.0 Å². The topological polar surface area (TPSA) is 26.0 Å². The minimum atomic E-state index is -0.720. The zero-order chi connectivity index (χ0) is 14.4. The van der Waals surface area contributed by atoms with E-state index in [4.69, 9.17) is 12.2 Å². The first kappa shape index (κ1) is 13.4. The summed E-state index contributed by atoms with van der Waals surface area (Å²) in [6, 6.07) is 4.02. The second-order valence-corrected chi connectivity index (χ2v) is 5.60. The van der Waals surface area contributed by atoms with Crippen LogP contribution in [0.4, 0.5) is 14.5 Å². The first-order valence-corrected chi connectivity index (χ1v) is 5.94. The maximum absolute atomic E-state index is 13.9. The second-order valence-electron chi connectivity index (χ2n) is 5.60. The van der Waals surface area contributed by atoms with E-state index < -0.39 is 11.6 Å². The number of hydrogen-bond acceptors (Lipinski definition) is 1. The predicted octanol–water partition coefficient (Wildman–Crippen LogP) is 3.98. The van der Waals surface area contributed by atoms with E-state index in [0.29, 0.717) is 11.1 Å². The van der Waals surface area contributed by atoms with Gasteiger partial charge in [-0.2, -0.15) is 0 Å². The highest BCUT2D eigenvalue weighted by Gasteiger charge is 2.22. The fraction of sp³-hybridized carbons (Fsp3) is 0.250. The Morgan fingerprint density at radius 3 is 2.26 bits per heavy atom. The summed E-state index contributed by atoms with van der Waals surface area (Å²) in [6.07, 6.45) is 5.37. The SMILES string of the molecule is C#Cc1c(F)cc(F)c2cc(N)cc(C(C)(C)C)c12. The van der Waals surface area contributed by atoms with Gasteiger partial charge in [-0.3, -0.25) is 0 Å². The summed E-state index contributed by atoms with van der Waals surface area (Å²) < 4.78 is 27.8. The summed E-state index contributed by atoms with van der Waals surface area (Å²) >= 11 is 0. The Hall–Kier alpha value is -2.08. The van der Waals surface area contributed by atoms with Gasteiger partial charge in [0.2, 0.25) is 0 Å². The molecule has 0 aromatic heterocycles. The van der Waals surface area contributed by atoms with E-state index in [2.05, 4.69) is 5.92 Å². The number of nitrogens with two attached hydrogens (primary N) is 1. The average molecular weight is 259 g/mol. The Balaban J connectivity index is 3.09. The smallest absolute Gasteiger partial charge is 0.142 e. The quantitative estimate of drug-likeness (QED) is 0.562. The summed E-state index contributed by atoms with van der Waals surface area (Å²) in [7, 11) is 0. The molecule has 0 atom stereocenters. The number of benzene rings is 2. The van der Waals surface area contributed by atoms with Crippen LogP contribution in [0.3, 0.4) is 0 Å².